The van der Waals surface area contributed by atoms with Crippen molar-refractivity contribution in [3.8, 4) is 0 Å². The van der Waals surface area contributed by atoms with Crippen LogP contribution in [0.2, 0.25) is 0 Å². The summed E-state index contributed by atoms with van der Waals surface area (Å²) in [5.74, 6) is -0.510. The summed E-state index contributed by atoms with van der Waals surface area (Å²) < 4.78 is 22.2. The number of fused-ring (bicyclic) bond motifs is 1. The SMILES string of the molecule is CS(=O)(=O)CCC(N)C(=O)Nc1cccc2cnccc12. The van der Waals surface area contributed by atoms with Crippen LogP contribution in [-0.2, 0) is 14.6 Å². The Morgan fingerprint density at radius 1 is 1.38 bits per heavy atom. The Kier molecular flexibility index (Phi) is 4.54. The van der Waals surface area contributed by atoms with Gasteiger partial charge >= 0.3 is 0 Å². The highest BCUT2D eigenvalue weighted by molar-refractivity contribution is 7.90. The number of benzene rings is 1. The largest absolute Gasteiger partial charge is 0.324 e. The molecule has 0 saturated heterocycles. The smallest absolute Gasteiger partial charge is 0.241 e. The minimum atomic E-state index is -3.13. The van der Waals surface area contributed by atoms with Gasteiger partial charge in [0, 0.05) is 35.1 Å². The molecule has 112 valence electrons. The van der Waals surface area contributed by atoms with Crippen LogP contribution in [0.1, 0.15) is 6.42 Å². The minimum Gasteiger partial charge on any atom is -0.324 e. The molecule has 7 heteroatoms. The molecule has 0 spiro atoms. The molecule has 1 heterocycles. The first-order valence-electron chi connectivity index (χ1n) is 6.44. The third-order valence-electron chi connectivity index (χ3n) is 3.08. The third-order valence-corrected chi connectivity index (χ3v) is 4.05. The number of sulfone groups is 1. The van der Waals surface area contributed by atoms with Crippen molar-refractivity contribution in [2.75, 3.05) is 17.3 Å². The zero-order chi connectivity index (χ0) is 15.5. The van der Waals surface area contributed by atoms with Gasteiger partial charge in [-0.05, 0) is 18.6 Å². The predicted octanol–water partition coefficient (Wildman–Crippen LogP) is 0.935. The van der Waals surface area contributed by atoms with Crippen molar-refractivity contribution >= 4 is 32.2 Å². The van der Waals surface area contributed by atoms with Crippen LogP contribution in [0.15, 0.2) is 36.7 Å². The van der Waals surface area contributed by atoms with Gasteiger partial charge in [0.05, 0.1) is 11.8 Å². The maximum Gasteiger partial charge on any atom is 0.241 e. The number of carbonyl (C=O) groups is 1. The quantitative estimate of drug-likeness (QED) is 0.855. The second kappa shape index (κ2) is 6.19. The number of amides is 1. The summed E-state index contributed by atoms with van der Waals surface area (Å²) in [6.07, 6.45) is 4.56. The van der Waals surface area contributed by atoms with Crippen LogP contribution in [0.3, 0.4) is 0 Å². The average Bonchev–Trinajstić information content (AvgIpc) is 2.44. The van der Waals surface area contributed by atoms with Crippen molar-refractivity contribution in [1.29, 1.82) is 0 Å². The Labute approximate surface area is 123 Å². The first kappa shape index (κ1) is 15.4. The van der Waals surface area contributed by atoms with Crippen LogP contribution in [0.4, 0.5) is 5.69 Å². The summed E-state index contributed by atoms with van der Waals surface area (Å²) in [4.78, 5) is 16.0. The van der Waals surface area contributed by atoms with Crippen molar-refractivity contribution in [2.45, 2.75) is 12.5 Å². The van der Waals surface area contributed by atoms with E-state index in [1.165, 1.54) is 0 Å². The fourth-order valence-corrected chi connectivity index (χ4v) is 2.61. The average molecular weight is 307 g/mol. The molecule has 6 nitrogen and oxygen atoms in total. The van der Waals surface area contributed by atoms with Gasteiger partial charge in [-0.3, -0.25) is 9.78 Å². The number of nitrogens with one attached hydrogen (secondary N) is 1. The van der Waals surface area contributed by atoms with Crippen molar-refractivity contribution in [3.05, 3.63) is 36.7 Å². The van der Waals surface area contributed by atoms with Gasteiger partial charge < -0.3 is 11.1 Å². The highest BCUT2D eigenvalue weighted by atomic mass is 32.2. The molecule has 1 amide bonds. The standard InChI is InChI=1S/C14H17N3O3S/c1-21(19,20)8-6-12(15)14(18)17-13-4-2-3-10-9-16-7-5-11(10)13/h2-5,7,9,12H,6,8,15H2,1H3,(H,17,18). The van der Waals surface area contributed by atoms with Gasteiger partial charge in [-0.25, -0.2) is 8.42 Å². The second-order valence-electron chi connectivity index (χ2n) is 4.92. The molecule has 1 atom stereocenters. The van der Waals surface area contributed by atoms with E-state index in [1.807, 2.05) is 12.1 Å². The van der Waals surface area contributed by atoms with Crippen LogP contribution >= 0.6 is 0 Å². The molecule has 21 heavy (non-hydrogen) atoms. The lowest BCUT2D eigenvalue weighted by Crippen LogP contribution is -2.37. The first-order valence-corrected chi connectivity index (χ1v) is 8.50. The summed E-state index contributed by atoms with van der Waals surface area (Å²) in [6.45, 7) is 0. The zero-order valence-corrected chi connectivity index (χ0v) is 12.4. The molecule has 2 aromatic rings. The number of pyridine rings is 1. The topological polar surface area (TPSA) is 102 Å². The van der Waals surface area contributed by atoms with Crippen molar-refractivity contribution in [3.63, 3.8) is 0 Å². The molecule has 0 radical (unpaired) electrons. The number of aromatic nitrogens is 1. The van der Waals surface area contributed by atoms with E-state index < -0.39 is 21.8 Å². The van der Waals surface area contributed by atoms with Gasteiger partial charge in [0.2, 0.25) is 5.91 Å². The Hall–Kier alpha value is -1.99. The lowest BCUT2D eigenvalue weighted by Gasteiger charge is -2.13. The summed E-state index contributed by atoms with van der Waals surface area (Å²) in [5.41, 5.74) is 6.36. The van der Waals surface area contributed by atoms with E-state index in [9.17, 15) is 13.2 Å². The normalized spacial score (nSPS) is 13.0. The molecule has 3 N–H and O–H groups in total. The van der Waals surface area contributed by atoms with E-state index in [2.05, 4.69) is 10.3 Å². The van der Waals surface area contributed by atoms with Gasteiger partial charge in [0.1, 0.15) is 9.84 Å². The van der Waals surface area contributed by atoms with Crippen LogP contribution in [0.5, 0.6) is 0 Å². The molecule has 1 aromatic heterocycles. The van der Waals surface area contributed by atoms with E-state index in [4.69, 9.17) is 5.73 Å². The van der Waals surface area contributed by atoms with E-state index in [-0.39, 0.29) is 12.2 Å². The third kappa shape index (κ3) is 4.24. The van der Waals surface area contributed by atoms with Crippen molar-refractivity contribution < 1.29 is 13.2 Å². The van der Waals surface area contributed by atoms with E-state index >= 15 is 0 Å². The monoisotopic (exact) mass is 307 g/mol. The molecule has 1 unspecified atom stereocenters. The minimum absolute atomic E-state index is 0.0942. The van der Waals surface area contributed by atoms with Crippen LogP contribution in [0.25, 0.3) is 10.8 Å². The van der Waals surface area contributed by atoms with Gasteiger partial charge in [-0.1, -0.05) is 12.1 Å². The predicted molar refractivity (Wildman–Crippen MR) is 82.7 cm³/mol. The number of carbonyl (C=O) groups excluding carboxylic acids is 1. The van der Waals surface area contributed by atoms with E-state index in [0.717, 1.165) is 17.0 Å². The van der Waals surface area contributed by atoms with E-state index in [0.29, 0.717) is 5.69 Å². The molecule has 0 aliphatic rings. The number of nitrogens with zero attached hydrogens (tertiary/aromatic N) is 1. The van der Waals surface area contributed by atoms with Gasteiger partial charge in [0.25, 0.3) is 0 Å². The summed E-state index contributed by atoms with van der Waals surface area (Å²) in [6, 6.07) is 6.40. The van der Waals surface area contributed by atoms with Gasteiger partial charge in [-0.2, -0.15) is 0 Å². The van der Waals surface area contributed by atoms with Gasteiger partial charge in [0.15, 0.2) is 0 Å². The fourth-order valence-electron chi connectivity index (χ4n) is 1.93. The maximum absolute atomic E-state index is 12.0. The number of anilines is 1. The Bertz CT molecular complexity index is 754. The number of nitrogens with two attached hydrogens (primary N) is 1. The summed E-state index contributed by atoms with van der Waals surface area (Å²) >= 11 is 0. The van der Waals surface area contributed by atoms with Crippen LogP contribution in [-0.4, -0.2) is 37.4 Å². The molecule has 0 aliphatic heterocycles. The van der Waals surface area contributed by atoms with Crippen LogP contribution in [0, 0.1) is 0 Å². The fraction of sp³-hybridized carbons (Fsp3) is 0.286. The Balaban J connectivity index is 2.11. The van der Waals surface area contributed by atoms with Crippen molar-refractivity contribution in [1.82, 2.24) is 4.98 Å². The highest BCUT2D eigenvalue weighted by Crippen LogP contribution is 2.22. The number of hydrogen-bond donors (Lipinski definition) is 2. The Morgan fingerprint density at radius 3 is 2.86 bits per heavy atom. The first-order chi connectivity index (χ1) is 9.87. The highest BCUT2D eigenvalue weighted by Gasteiger charge is 2.16. The lowest BCUT2D eigenvalue weighted by atomic mass is 10.1. The molecular weight excluding hydrogens is 290 g/mol. The molecule has 1 aromatic carbocycles. The van der Waals surface area contributed by atoms with Crippen molar-refractivity contribution in [2.24, 2.45) is 5.73 Å². The molecule has 0 saturated carbocycles. The summed E-state index contributed by atoms with van der Waals surface area (Å²) in [7, 11) is -3.13. The Morgan fingerprint density at radius 2 is 2.14 bits per heavy atom. The molecule has 0 aliphatic carbocycles. The number of hydrogen-bond acceptors (Lipinski definition) is 5. The molecular formula is C14H17N3O3S. The molecule has 0 fully saturated rings. The maximum atomic E-state index is 12.0. The van der Waals surface area contributed by atoms with E-state index in [1.54, 1.807) is 24.5 Å². The second-order valence-corrected chi connectivity index (χ2v) is 7.18. The summed E-state index contributed by atoms with van der Waals surface area (Å²) in [5, 5.41) is 4.49. The molecule has 2 rings (SSSR count). The van der Waals surface area contributed by atoms with Crippen LogP contribution < -0.4 is 11.1 Å². The van der Waals surface area contributed by atoms with Gasteiger partial charge in [-0.15, -0.1) is 0 Å². The zero-order valence-electron chi connectivity index (χ0n) is 11.6. The lowest BCUT2D eigenvalue weighted by molar-refractivity contribution is -0.117. The molecule has 0 bridgehead atoms. The number of rotatable bonds is 5.